The van der Waals surface area contributed by atoms with Gasteiger partial charge in [0.1, 0.15) is 0 Å². The number of likely N-dealkylation sites (tertiary alicyclic amines) is 1. The van der Waals surface area contributed by atoms with Crippen molar-refractivity contribution in [3.05, 3.63) is 70.2 Å². The molecule has 0 radical (unpaired) electrons. The first-order valence-electron chi connectivity index (χ1n) is 16.0. The van der Waals surface area contributed by atoms with Crippen LogP contribution in [-0.4, -0.2) is 54.0 Å². The maximum Gasteiger partial charge on any atom is 0.237 e. The second kappa shape index (κ2) is 13.5. The molecule has 0 aromatic heterocycles. The zero-order valence-electron chi connectivity index (χ0n) is 25.7. The number of piperidine rings is 1. The topological polar surface area (TPSA) is 73.5 Å². The molecule has 2 fully saturated rings. The Morgan fingerprint density at radius 2 is 1.67 bits per heavy atom. The van der Waals surface area contributed by atoms with Crippen molar-refractivity contribution in [2.45, 2.75) is 103 Å². The second-order valence-corrected chi connectivity index (χ2v) is 14.4. The lowest BCUT2D eigenvalue weighted by atomic mass is 9.63. The molecule has 1 saturated carbocycles. The third kappa shape index (κ3) is 7.75. The van der Waals surface area contributed by atoms with Gasteiger partial charge in [-0.25, -0.2) is 0 Å². The van der Waals surface area contributed by atoms with Crippen LogP contribution >= 0.6 is 11.6 Å². The summed E-state index contributed by atoms with van der Waals surface area (Å²) in [4.78, 5) is 29.9. The Kier molecular flexibility index (Phi) is 9.96. The first kappa shape index (κ1) is 31.0. The summed E-state index contributed by atoms with van der Waals surface area (Å²) >= 11 is 6.17. The van der Waals surface area contributed by atoms with Gasteiger partial charge in [-0.15, -0.1) is 0 Å². The minimum absolute atomic E-state index is 0.0387. The first-order valence-corrected chi connectivity index (χ1v) is 16.4. The van der Waals surface area contributed by atoms with E-state index in [2.05, 4.69) is 72.0 Å². The zero-order valence-corrected chi connectivity index (χ0v) is 26.4. The standard InChI is InChI=1S/C35H49ClN4O2/c1-34(2,3)39-33(42)35(28-11-5-4-6-12-28)17-19-40(20-18-35)24-30(21-25-13-15-29(36)16-14-25)38-32(41)31-22-26-9-7-8-10-27(26)23-37-31/h7-10,13-16,28,30-31,37H,4-6,11-12,17-24H2,1-3H3,(H,38,41)(H,39,42)/t30-,31+/m1/s1. The SMILES string of the molecule is CC(C)(C)NC(=O)C1(C2CCCCC2)CCN(C[C@@H](Cc2ccc(Cl)cc2)NC(=O)[C@@H]2Cc3ccccc3CN2)CC1. The molecule has 7 heteroatoms. The number of hydrogen-bond acceptors (Lipinski definition) is 4. The molecule has 2 heterocycles. The number of nitrogens with one attached hydrogen (secondary N) is 3. The fourth-order valence-electron chi connectivity index (χ4n) is 7.39. The van der Waals surface area contributed by atoms with Crippen molar-refractivity contribution in [3.63, 3.8) is 0 Å². The summed E-state index contributed by atoms with van der Waals surface area (Å²) in [7, 11) is 0. The molecule has 1 aliphatic carbocycles. The number of carbonyl (C=O) groups is 2. The number of benzene rings is 2. The van der Waals surface area contributed by atoms with Gasteiger partial charge in [-0.2, -0.15) is 0 Å². The largest absolute Gasteiger partial charge is 0.351 e. The zero-order chi connectivity index (χ0) is 29.7. The van der Waals surface area contributed by atoms with Crippen LogP contribution < -0.4 is 16.0 Å². The van der Waals surface area contributed by atoms with Gasteiger partial charge in [0, 0.05) is 29.7 Å². The van der Waals surface area contributed by atoms with Crippen molar-refractivity contribution in [2.24, 2.45) is 11.3 Å². The molecule has 0 spiro atoms. The molecule has 3 aliphatic rings. The maximum absolute atomic E-state index is 13.8. The van der Waals surface area contributed by atoms with Crippen LogP contribution in [0.15, 0.2) is 48.5 Å². The molecule has 3 N–H and O–H groups in total. The van der Waals surface area contributed by atoms with Crippen molar-refractivity contribution in [3.8, 4) is 0 Å². The summed E-state index contributed by atoms with van der Waals surface area (Å²) in [5, 5.41) is 10.9. The fraction of sp³-hybridized carbons (Fsp3) is 0.600. The van der Waals surface area contributed by atoms with Crippen LogP contribution in [0.5, 0.6) is 0 Å². The predicted octanol–water partition coefficient (Wildman–Crippen LogP) is 5.66. The molecule has 2 aliphatic heterocycles. The number of fused-ring (bicyclic) bond motifs is 1. The normalized spacial score (nSPS) is 22.1. The quantitative estimate of drug-likeness (QED) is 0.370. The Hall–Kier alpha value is -2.41. The van der Waals surface area contributed by atoms with Crippen molar-refractivity contribution >= 4 is 23.4 Å². The summed E-state index contributed by atoms with van der Waals surface area (Å²) in [5.74, 6) is 0.762. The van der Waals surface area contributed by atoms with Gasteiger partial charge in [0.2, 0.25) is 11.8 Å². The molecule has 2 aromatic carbocycles. The predicted molar refractivity (Wildman–Crippen MR) is 170 cm³/mol. The van der Waals surface area contributed by atoms with Crippen molar-refractivity contribution < 1.29 is 9.59 Å². The van der Waals surface area contributed by atoms with E-state index in [4.69, 9.17) is 11.6 Å². The highest BCUT2D eigenvalue weighted by molar-refractivity contribution is 6.30. The van der Waals surface area contributed by atoms with Crippen molar-refractivity contribution in [1.82, 2.24) is 20.9 Å². The lowest BCUT2D eigenvalue weighted by Gasteiger charge is -2.48. The van der Waals surface area contributed by atoms with E-state index in [-0.39, 0.29) is 34.9 Å². The molecule has 2 aromatic rings. The molecule has 2 amide bonds. The van der Waals surface area contributed by atoms with E-state index in [1.54, 1.807) is 0 Å². The number of nitrogens with zero attached hydrogens (tertiary/aromatic N) is 1. The van der Waals surface area contributed by atoms with Crippen molar-refractivity contribution in [1.29, 1.82) is 0 Å². The molecule has 1 saturated heterocycles. The second-order valence-electron chi connectivity index (χ2n) is 13.9. The molecule has 5 rings (SSSR count). The van der Waals surface area contributed by atoms with Gasteiger partial charge in [0.25, 0.3) is 0 Å². The Morgan fingerprint density at radius 3 is 2.33 bits per heavy atom. The Morgan fingerprint density at radius 1 is 1.00 bits per heavy atom. The fourth-order valence-corrected chi connectivity index (χ4v) is 7.52. The lowest BCUT2D eigenvalue weighted by molar-refractivity contribution is -0.141. The summed E-state index contributed by atoms with van der Waals surface area (Å²) in [5.41, 5.74) is 3.14. The van der Waals surface area contributed by atoms with Crippen LogP contribution in [0.2, 0.25) is 5.02 Å². The number of amides is 2. The van der Waals surface area contributed by atoms with Crippen LogP contribution in [0.25, 0.3) is 0 Å². The van der Waals surface area contributed by atoms with E-state index >= 15 is 0 Å². The van der Waals surface area contributed by atoms with Crippen LogP contribution in [-0.2, 0) is 29.0 Å². The number of rotatable bonds is 8. The van der Waals surface area contributed by atoms with E-state index in [0.29, 0.717) is 23.9 Å². The summed E-state index contributed by atoms with van der Waals surface area (Å²) < 4.78 is 0. The van der Waals surface area contributed by atoms with Gasteiger partial charge in [0.05, 0.1) is 11.5 Å². The average Bonchev–Trinajstić information content (AvgIpc) is 2.98. The molecular formula is C35H49ClN4O2. The first-order chi connectivity index (χ1) is 20.1. The minimum atomic E-state index is -0.293. The maximum atomic E-state index is 13.8. The third-order valence-corrected chi connectivity index (χ3v) is 9.95. The summed E-state index contributed by atoms with van der Waals surface area (Å²) in [6.45, 7) is 9.46. The number of carbonyl (C=O) groups excluding carboxylic acids is 2. The average molecular weight is 593 g/mol. The number of halogens is 1. The minimum Gasteiger partial charge on any atom is -0.351 e. The van der Waals surface area contributed by atoms with E-state index in [1.165, 1.54) is 30.4 Å². The summed E-state index contributed by atoms with van der Waals surface area (Å²) in [6.07, 6.45) is 9.25. The Labute approximate surface area is 257 Å². The van der Waals surface area contributed by atoms with E-state index in [9.17, 15) is 9.59 Å². The van der Waals surface area contributed by atoms with Crippen LogP contribution in [0.3, 0.4) is 0 Å². The van der Waals surface area contributed by atoms with Gasteiger partial charge < -0.3 is 20.9 Å². The highest BCUT2D eigenvalue weighted by Crippen LogP contribution is 2.46. The Bertz CT molecular complexity index is 1210. The van der Waals surface area contributed by atoms with Gasteiger partial charge in [0.15, 0.2) is 0 Å². The molecular weight excluding hydrogens is 544 g/mol. The van der Waals surface area contributed by atoms with Crippen LogP contribution in [0.1, 0.15) is 82.4 Å². The lowest BCUT2D eigenvalue weighted by Crippen LogP contribution is -2.58. The van der Waals surface area contributed by atoms with Gasteiger partial charge in [-0.05, 0) is 107 Å². The molecule has 42 heavy (non-hydrogen) atoms. The molecule has 0 bridgehead atoms. The molecule has 0 unspecified atom stereocenters. The number of hydrogen-bond donors (Lipinski definition) is 3. The van der Waals surface area contributed by atoms with E-state index in [1.807, 2.05) is 18.2 Å². The monoisotopic (exact) mass is 592 g/mol. The van der Waals surface area contributed by atoms with Crippen molar-refractivity contribution in [2.75, 3.05) is 19.6 Å². The summed E-state index contributed by atoms with van der Waals surface area (Å²) in [6, 6.07) is 16.0. The van der Waals surface area contributed by atoms with Gasteiger partial charge in [-0.3, -0.25) is 9.59 Å². The molecule has 6 nitrogen and oxygen atoms in total. The van der Waals surface area contributed by atoms with E-state index < -0.39 is 0 Å². The van der Waals surface area contributed by atoms with E-state index in [0.717, 1.165) is 57.3 Å². The molecule has 2 atom stereocenters. The highest BCUT2D eigenvalue weighted by Gasteiger charge is 2.48. The Balaban J connectivity index is 1.27. The van der Waals surface area contributed by atoms with Crippen LogP contribution in [0, 0.1) is 11.3 Å². The molecule has 228 valence electrons. The highest BCUT2D eigenvalue weighted by atomic mass is 35.5. The third-order valence-electron chi connectivity index (χ3n) is 9.69. The van der Waals surface area contributed by atoms with Gasteiger partial charge in [-0.1, -0.05) is 67.3 Å². The van der Waals surface area contributed by atoms with Crippen LogP contribution in [0.4, 0.5) is 0 Å². The van der Waals surface area contributed by atoms with Gasteiger partial charge >= 0.3 is 0 Å². The smallest absolute Gasteiger partial charge is 0.237 e.